The molecule has 0 bridgehead atoms. The van der Waals surface area contributed by atoms with Crippen LogP contribution in [-0.4, -0.2) is 35.2 Å². The van der Waals surface area contributed by atoms with Gasteiger partial charge in [0.25, 0.3) is 0 Å². The number of esters is 1. The summed E-state index contributed by atoms with van der Waals surface area (Å²) in [4.78, 5) is 29.2. The van der Waals surface area contributed by atoms with Crippen LogP contribution in [0.3, 0.4) is 0 Å². The average molecular weight is 426 g/mol. The summed E-state index contributed by atoms with van der Waals surface area (Å²) in [6.07, 6.45) is 2.64. The number of aromatic nitrogens is 1. The Morgan fingerprint density at radius 3 is 2.65 bits per heavy atom. The molecule has 1 fully saturated rings. The Morgan fingerprint density at radius 1 is 1.13 bits per heavy atom. The molecule has 3 rings (SSSR count). The van der Waals surface area contributed by atoms with Gasteiger partial charge in [0.1, 0.15) is 12.0 Å². The molecule has 1 aromatic heterocycles. The third-order valence-corrected chi connectivity index (χ3v) is 4.80. The summed E-state index contributed by atoms with van der Waals surface area (Å²) >= 11 is 0. The van der Waals surface area contributed by atoms with Crippen LogP contribution in [0.1, 0.15) is 68.2 Å². The second-order valence-electron chi connectivity index (χ2n) is 8.86. The van der Waals surface area contributed by atoms with Crippen molar-refractivity contribution in [1.82, 2.24) is 4.98 Å². The first-order chi connectivity index (χ1) is 14.7. The number of aryl methyl sites for hydroxylation is 1. The number of nitrogens with zero attached hydrogens (tertiary/aromatic N) is 1. The van der Waals surface area contributed by atoms with E-state index in [9.17, 15) is 9.59 Å². The summed E-state index contributed by atoms with van der Waals surface area (Å²) in [5, 5.41) is 0. The van der Waals surface area contributed by atoms with Crippen molar-refractivity contribution >= 4 is 11.8 Å². The molecular weight excluding hydrogens is 394 g/mol. The van der Waals surface area contributed by atoms with Gasteiger partial charge in [0.05, 0.1) is 12.3 Å². The SMILES string of the molecule is Cc1cc(-c2cccc(C(=O)CC(=O)OC(C)(C)C)c2)cc(COC2CCCCO2)n1. The molecule has 0 amide bonds. The lowest BCUT2D eigenvalue weighted by Crippen LogP contribution is -2.25. The summed E-state index contributed by atoms with van der Waals surface area (Å²) in [5.41, 5.74) is 3.37. The number of hydrogen-bond acceptors (Lipinski definition) is 6. The number of ether oxygens (including phenoxy) is 3. The van der Waals surface area contributed by atoms with Gasteiger partial charge in [-0.25, -0.2) is 0 Å². The lowest BCUT2D eigenvalue weighted by atomic mass is 9.99. The standard InChI is InChI=1S/C25H31NO5/c1-17-12-20(14-21(26-17)16-30-24-10-5-6-11-29-24)18-8-7-9-19(13-18)22(27)15-23(28)31-25(2,3)4/h7-9,12-14,24H,5-6,10-11,15-16H2,1-4H3. The highest BCUT2D eigenvalue weighted by Crippen LogP contribution is 2.24. The van der Waals surface area contributed by atoms with Crippen LogP contribution in [0.4, 0.5) is 0 Å². The van der Waals surface area contributed by atoms with Crippen molar-refractivity contribution < 1.29 is 23.8 Å². The Labute approximate surface area is 183 Å². The van der Waals surface area contributed by atoms with Gasteiger partial charge in [0.2, 0.25) is 0 Å². The molecule has 31 heavy (non-hydrogen) atoms. The second-order valence-corrected chi connectivity index (χ2v) is 8.86. The molecule has 0 spiro atoms. The highest BCUT2D eigenvalue weighted by molar-refractivity contribution is 6.06. The molecule has 0 saturated carbocycles. The summed E-state index contributed by atoms with van der Waals surface area (Å²) in [6.45, 7) is 8.38. The Hall–Kier alpha value is -2.57. The topological polar surface area (TPSA) is 74.7 Å². The van der Waals surface area contributed by atoms with Crippen molar-refractivity contribution in [2.75, 3.05) is 6.61 Å². The van der Waals surface area contributed by atoms with Gasteiger partial charge in [0, 0.05) is 17.9 Å². The second kappa shape index (κ2) is 10.2. The van der Waals surface area contributed by atoms with Gasteiger partial charge in [0.15, 0.2) is 12.1 Å². The number of carbonyl (C=O) groups is 2. The largest absolute Gasteiger partial charge is 0.460 e. The van der Waals surface area contributed by atoms with Crippen molar-refractivity contribution in [3.63, 3.8) is 0 Å². The molecule has 1 aliphatic rings. The van der Waals surface area contributed by atoms with E-state index in [2.05, 4.69) is 4.98 Å². The van der Waals surface area contributed by atoms with Gasteiger partial charge in [-0.2, -0.15) is 0 Å². The molecule has 6 nitrogen and oxygen atoms in total. The van der Waals surface area contributed by atoms with Crippen LogP contribution >= 0.6 is 0 Å². The zero-order chi connectivity index (χ0) is 22.4. The molecule has 0 radical (unpaired) electrons. The molecular formula is C25H31NO5. The Balaban J connectivity index is 1.71. The predicted molar refractivity (Wildman–Crippen MR) is 118 cm³/mol. The van der Waals surface area contributed by atoms with E-state index in [0.717, 1.165) is 48.4 Å². The van der Waals surface area contributed by atoms with Crippen molar-refractivity contribution in [3.05, 3.63) is 53.3 Å². The van der Waals surface area contributed by atoms with Gasteiger partial charge in [-0.15, -0.1) is 0 Å². The van der Waals surface area contributed by atoms with E-state index in [1.54, 1.807) is 32.9 Å². The number of Topliss-reactive ketones (excluding diaryl/α,β-unsaturated/α-hetero) is 1. The number of benzene rings is 1. The normalized spacial score (nSPS) is 16.7. The molecule has 166 valence electrons. The number of pyridine rings is 1. The number of hydrogen-bond donors (Lipinski definition) is 0. The van der Waals surface area contributed by atoms with Gasteiger partial charge in [-0.3, -0.25) is 14.6 Å². The zero-order valence-corrected chi connectivity index (χ0v) is 18.8. The van der Waals surface area contributed by atoms with Crippen molar-refractivity contribution in [2.45, 2.75) is 71.9 Å². The van der Waals surface area contributed by atoms with Crippen LogP contribution in [0.25, 0.3) is 11.1 Å². The molecule has 1 aliphatic heterocycles. The highest BCUT2D eigenvalue weighted by atomic mass is 16.7. The summed E-state index contributed by atoms with van der Waals surface area (Å²) in [6, 6.07) is 11.2. The highest BCUT2D eigenvalue weighted by Gasteiger charge is 2.20. The summed E-state index contributed by atoms with van der Waals surface area (Å²) in [5.74, 6) is -0.785. The maximum Gasteiger partial charge on any atom is 0.314 e. The monoisotopic (exact) mass is 425 g/mol. The van der Waals surface area contributed by atoms with Crippen LogP contribution in [0.2, 0.25) is 0 Å². The van der Waals surface area contributed by atoms with E-state index in [1.807, 2.05) is 31.2 Å². The van der Waals surface area contributed by atoms with E-state index in [4.69, 9.17) is 14.2 Å². The third-order valence-electron chi connectivity index (χ3n) is 4.80. The lowest BCUT2D eigenvalue weighted by Gasteiger charge is -2.22. The fourth-order valence-corrected chi connectivity index (χ4v) is 3.48. The Bertz CT molecular complexity index is 926. The fraction of sp³-hybridized carbons (Fsp3) is 0.480. The van der Waals surface area contributed by atoms with Crippen molar-refractivity contribution in [2.24, 2.45) is 0 Å². The minimum Gasteiger partial charge on any atom is -0.460 e. The minimum absolute atomic E-state index is 0.173. The van der Waals surface area contributed by atoms with Gasteiger partial charge >= 0.3 is 5.97 Å². The maximum absolute atomic E-state index is 12.6. The van der Waals surface area contributed by atoms with Crippen LogP contribution in [-0.2, 0) is 25.6 Å². The van der Waals surface area contributed by atoms with Crippen LogP contribution < -0.4 is 0 Å². The van der Waals surface area contributed by atoms with E-state index in [0.29, 0.717) is 12.2 Å². The first kappa shape index (κ1) is 23.1. The zero-order valence-electron chi connectivity index (χ0n) is 18.8. The smallest absolute Gasteiger partial charge is 0.314 e. The predicted octanol–water partition coefficient (Wildman–Crippen LogP) is 5.01. The van der Waals surface area contributed by atoms with E-state index in [-0.39, 0.29) is 18.5 Å². The molecule has 1 saturated heterocycles. The first-order valence-corrected chi connectivity index (χ1v) is 10.8. The van der Waals surface area contributed by atoms with Crippen LogP contribution in [0.5, 0.6) is 0 Å². The number of carbonyl (C=O) groups excluding carboxylic acids is 2. The quantitative estimate of drug-likeness (QED) is 0.352. The van der Waals surface area contributed by atoms with Gasteiger partial charge in [-0.1, -0.05) is 18.2 Å². The molecule has 1 atom stereocenters. The third kappa shape index (κ3) is 7.26. The molecule has 2 heterocycles. The Kier molecular flexibility index (Phi) is 7.57. The number of rotatable bonds is 7. The average Bonchev–Trinajstić information content (AvgIpc) is 2.71. The lowest BCUT2D eigenvalue weighted by molar-refractivity contribution is -0.169. The molecule has 6 heteroatoms. The summed E-state index contributed by atoms with van der Waals surface area (Å²) in [7, 11) is 0. The molecule has 1 aromatic carbocycles. The van der Waals surface area contributed by atoms with Crippen molar-refractivity contribution in [3.8, 4) is 11.1 Å². The van der Waals surface area contributed by atoms with E-state index >= 15 is 0 Å². The molecule has 0 aliphatic carbocycles. The molecule has 0 N–H and O–H groups in total. The van der Waals surface area contributed by atoms with Gasteiger partial charge < -0.3 is 14.2 Å². The fourth-order valence-electron chi connectivity index (χ4n) is 3.48. The van der Waals surface area contributed by atoms with Crippen LogP contribution in [0, 0.1) is 6.92 Å². The minimum atomic E-state index is -0.616. The molecule has 2 aromatic rings. The van der Waals surface area contributed by atoms with Crippen molar-refractivity contribution in [1.29, 1.82) is 0 Å². The van der Waals surface area contributed by atoms with E-state index < -0.39 is 11.6 Å². The Morgan fingerprint density at radius 2 is 1.94 bits per heavy atom. The molecule has 1 unspecified atom stereocenters. The van der Waals surface area contributed by atoms with E-state index in [1.165, 1.54) is 0 Å². The summed E-state index contributed by atoms with van der Waals surface area (Å²) < 4.78 is 16.8. The number of ketones is 1. The first-order valence-electron chi connectivity index (χ1n) is 10.8. The van der Waals surface area contributed by atoms with Crippen LogP contribution in [0.15, 0.2) is 36.4 Å². The van der Waals surface area contributed by atoms with Gasteiger partial charge in [-0.05, 0) is 76.3 Å². The maximum atomic E-state index is 12.6.